The van der Waals surface area contributed by atoms with E-state index in [0.717, 1.165) is 29.9 Å². The zero-order valence-electron chi connectivity index (χ0n) is 14.4. The predicted molar refractivity (Wildman–Crippen MR) is 89.3 cm³/mol. The van der Waals surface area contributed by atoms with Crippen molar-refractivity contribution in [3.8, 4) is 11.5 Å². The van der Waals surface area contributed by atoms with Gasteiger partial charge in [-0.25, -0.2) is 0 Å². The summed E-state index contributed by atoms with van der Waals surface area (Å²) in [6.07, 6.45) is 4.64. The summed E-state index contributed by atoms with van der Waals surface area (Å²) in [5.41, 5.74) is 3.80. The number of halogens is 2. The van der Waals surface area contributed by atoms with Crippen molar-refractivity contribution in [2.45, 2.75) is 32.6 Å². The molecule has 2 atom stereocenters. The minimum absolute atomic E-state index is 0. The van der Waals surface area contributed by atoms with E-state index in [-0.39, 0.29) is 62.9 Å². The van der Waals surface area contributed by atoms with Crippen LogP contribution in [-0.2, 0) is 0 Å². The van der Waals surface area contributed by atoms with E-state index in [2.05, 4.69) is 26.5 Å². The molecule has 0 spiro atoms. The summed E-state index contributed by atoms with van der Waals surface area (Å²) in [5, 5.41) is 0. The number of rotatable bonds is 4. The van der Waals surface area contributed by atoms with E-state index in [1.54, 1.807) is 14.2 Å². The van der Waals surface area contributed by atoms with Crippen molar-refractivity contribution in [1.29, 1.82) is 0 Å². The van der Waals surface area contributed by atoms with Gasteiger partial charge in [0.05, 0.1) is 14.2 Å². The van der Waals surface area contributed by atoms with Crippen molar-refractivity contribution in [1.82, 2.24) is 0 Å². The zero-order valence-corrected chi connectivity index (χ0v) is 19.0. The van der Waals surface area contributed by atoms with Crippen LogP contribution in [0.1, 0.15) is 38.2 Å². The molecule has 124 valence electrons. The molecule has 0 unspecified atom stereocenters. The number of ether oxygens (including phenoxy) is 2. The summed E-state index contributed by atoms with van der Waals surface area (Å²) >= 11 is 0. The molecule has 1 aliphatic rings. The largest absolute Gasteiger partial charge is 2.00 e. The molecule has 1 aromatic rings. The molecule has 0 fully saturated rings. The summed E-state index contributed by atoms with van der Waals surface area (Å²) in [6, 6.07) is 5.98. The van der Waals surface area contributed by atoms with Gasteiger partial charge in [-0.05, 0) is 44.7 Å². The SMILES string of the molecule is C=C(C)[C@@H]1CCC(C)=C[C@H]1c1c(OC)cccc1OC.[Br-].[Br-].[Mg+2]. The molecular weight excluding hydrogens is 432 g/mol. The van der Waals surface area contributed by atoms with E-state index >= 15 is 0 Å². The second-order valence-corrected chi connectivity index (χ2v) is 5.61. The molecular formula is C18H24Br2MgO2. The van der Waals surface area contributed by atoms with Gasteiger partial charge in [-0.3, -0.25) is 0 Å². The summed E-state index contributed by atoms with van der Waals surface area (Å²) in [4.78, 5) is 0. The number of methoxy groups -OCH3 is 2. The summed E-state index contributed by atoms with van der Waals surface area (Å²) in [6.45, 7) is 8.50. The number of hydrogen-bond donors (Lipinski definition) is 0. The Morgan fingerprint density at radius 1 is 1.13 bits per heavy atom. The Morgan fingerprint density at radius 2 is 1.65 bits per heavy atom. The zero-order chi connectivity index (χ0) is 14.7. The molecule has 23 heavy (non-hydrogen) atoms. The molecule has 0 aliphatic heterocycles. The van der Waals surface area contributed by atoms with Gasteiger partial charge in [0.25, 0.3) is 0 Å². The fourth-order valence-corrected chi connectivity index (χ4v) is 3.11. The summed E-state index contributed by atoms with van der Waals surface area (Å²) < 4.78 is 11.1. The van der Waals surface area contributed by atoms with Gasteiger partial charge in [0.15, 0.2) is 0 Å². The first-order valence-corrected chi connectivity index (χ1v) is 7.12. The van der Waals surface area contributed by atoms with Crippen molar-refractivity contribution in [3.05, 3.63) is 47.6 Å². The van der Waals surface area contributed by atoms with Crippen molar-refractivity contribution in [2.75, 3.05) is 14.2 Å². The van der Waals surface area contributed by atoms with Crippen LogP contribution in [0.4, 0.5) is 0 Å². The fraction of sp³-hybridized carbons (Fsp3) is 0.444. The Bertz CT molecular complexity index is 522. The summed E-state index contributed by atoms with van der Waals surface area (Å²) in [7, 11) is 3.43. The second-order valence-electron chi connectivity index (χ2n) is 5.61. The van der Waals surface area contributed by atoms with Gasteiger partial charge < -0.3 is 43.4 Å². The normalized spacial score (nSPS) is 19.2. The van der Waals surface area contributed by atoms with E-state index in [0.29, 0.717) is 5.92 Å². The van der Waals surface area contributed by atoms with Gasteiger partial charge in [-0.2, -0.15) is 0 Å². The van der Waals surface area contributed by atoms with Gasteiger partial charge in [-0.15, -0.1) is 0 Å². The Morgan fingerprint density at radius 3 is 2.09 bits per heavy atom. The Labute approximate surface area is 177 Å². The van der Waals surface area contributed by atoms with Gasteiger partial charge in [0.1, 0.15) is 11.5 Å². The molecule has 0 N–H and O–H groups in total. The molecule has 2 nitrogen and oxygen atoms in total. The Hall–Kier alpha value is 0.0262. The van der Waals surface area contributed by atoms with Crippen molar-refractivity contribution in [3.63, 3.8) is 0 Å². The van der Waals surface area contributed by atoms with E-state index in [1.165, 1.54) is 11.1 Å². The molecule has 1 aliphatic carbocycles. The molecule has 0 bridgehead atoms. The maximum absolute atomic E-state index is 5.57. The maximum Gasteiger partial charge on any atom is 2.00 e. The molecule has 0 saturated carbocycles. The first-order chi connectivity index (χ1) is 9.58. The predicted octanol–water partition coefficient (Wildman–Crippen LogP) is -1.65. The quantitative estimate of drug-likeness (QED) is 0.399. The van der Waals surface area contributed by atoms with Crippen LogP contribution in [0, 0.1) is 5.92 Å². The van der Waals surface area contributed by atoms with Gasteiger partial charge in [0.2, 0.25) is 0 Å². The molecule has 0 amide bonds. The molecule has 5 heteroatoms. The van der Waals surface area contributed by atoms with E-state index in [4.69, 9.17) is 9.47 Å². The Kier molecular flexibility index (Phi) is 12.7. The van der Waals surface area contributed by atoms with Gasteiger partial charge in [0, 0.05) is 11.5 Å². The number of hydrogen-bond acceptors (Lipinski definition) is 2. The van der Waals surface area contributed by atoms with Crippen LogP contribution in [0.5, 0.6) is 11.5 Å². The molecule has 0 aromatic heterocycles. The van der Waals surface area contributed by atoms with E-state index < -0.39 is 0 Å². The Balaban J connectivity index is 0. The third kappa shape index (κ3) is 5.80. The van der Waals surface area contributed by atoms with Crippen LogP contribution in [0.25, 0.3) is 0 Å². The van der Waals surface area contributed by atoms with Crippen molar-refractivity contribution < 1.29 is 43.4 Å². The smallest absolute Gasteiger partial charge is 1.00 e. The molecule has 1 aromatic carbocycles. The van der Waals surface area contributed by atoms with E-state index in [9.17, 15) is 0 Å². The number of benzene rings is 1. The van der Waals surface area contributed by atoms with Gasteiger partial charge in [-0.1, -0.05) is 29.9 Å². The van der Waals surface area contributed by atoms with Crippen molar-refractivity contribution >= 4 is 23.1 Å². The fourth-order valence-electron chi connectivity index (χ4n) is 3.11. The van der Waals surface area contributed by atoms with E-state index in [1.807, 2.05) is 18.2 Å². The average Bonchev–Trinajstić information content (AvgIpc) is 2.45. The summed E-state index contributed by atoms with van der Waals surface area (Å²) in [5.74, 6) is 2.52. The van der Waals surface area contributed by atoms with Crippen molar-refractivity contribution in [2.24, 2.45) is 5.92 Å². The van der Waals surface area contributed by atoms with Crippen LogP contribution < -0.4 is 43.4 Å². The minimum atomic E-state index is 0. The third-order valence-corrected chi connectivity index (χ3v) is 4.18. The monoisotopic (exact) mass is 454 g/mol. The molecule has 0 heterocycles. The minimum Gasteiger partial charge on any atom is -1.00 e. The molecule has 0 saturated heterocycles. The first kappa shape index (κ1) is 25.3. The van der Waals surface area contributed by atoms with Crippen LogP contribution in [0.2, 0.25) is 0 Å². The third-order valence-electron chi connectivity index (χ3n) is 4.18. The standard InChI is InChI=1S/C18H24O2.2BrH.Mg/c1-12(2)14-10-9-13(3)11-15(14)18-16(19-4)7-6-8-17(18)20-5;;;/h6-8,11,14-15H,1,9-10H2,2-5H3;2*1H;/q;;;+2/p-2/t14-,15+;;;/m0.../s1. The maximum atomic E-state index is 5.57. The first-order valence-electron chi connectivity index (χ1n) is 7.12. The topological polar surface area (TPSA) is 18.5 Å². The second kappa shape index (κ2) is 11.6. The number of allylic oxidation sites excluding steroid dienone is 3. The van der Waals surface area contributed by atoms with Gasteiger partial charge >= 0.3 is 23.1 Å². The average molecular weight is 457 g/mol. The molecule has 2 rings (SSSR count). The van der Waals surface area contributed by atoms with Crippen LogP contribution in [-0.4, -0.2) is 37.3 Å². The van der Waals surface area contributed by atoms with Crippen LogP contribution >= 0.6 is 0 Å². The molecule has 0 radical (unpaired) electrons. The van der Waals surface area contributed by atoms with Crippen LogP contribution in [0.3, 0.4) is 0 Å². The van der Waals surface area contributed by atoms with Crippen LogP contribution in [0.15, 0.2) is 42.0 Å².